The van der Waals surface area contributed by atoms with Crippen molar-refractivity contribution in [2.24, 2.45) is 0 Å². The summed E-state index contributed by atoms with van der Waals surface area (Å²) in [5.41, 5.74) is 1.51. The highest BCUT2D eigenvalue weighted by Crippen LogP contribution is 2.25. The molecule has 1 heterocycles. The van der Waals surface area contributed by atoms with E-state index >= 15 is 0 Å². The van der Waals surface area contributed by atoms with Gasteiger partial charge in [-0.25, -0.2) is 9.78 Å². The molecule has 24 heavy (non-hydrogen) atoms. The van der Waals surface area contributed by atoms with E-state index in [0.29, 0.717) is 10.7 Å². The van der Waals surface area contributed by atoms with E-state index in [4.69, 9.17) is 21.4 Å². The van der Waals surface area contributed by atoms with Crippen LogP contribution in [0.25, 0.3) is 10.6 Å². The number of carboxylic acid groups (broad SMARTS) is 1. The fraction of sp³-hybridized carbons (Fsp3) is 0.312. The Labute approximate surface area is 148 Å². The zero-order chi connectivity index (χ0) is 17.5. The average molecular weight is 369 g/mol. The molecule has 0 bridgehead atoms. The number of thiazole rings is 1. The van der Waals surface area contributed by atoms with Gasteiger partial charge in [0.15, 0.2) is 0 Å². The number of ether oxygens (including phenoxy) is 1. The van der Waals surface area contributed by atoms with E-state index in [1.807, 2.05) is 12.1 Å². The van der Waals surface area contributed by atoms with E-state index in [0.717, 1.165) is 10.6 Å². The van der Waals surface area contributed by atoms with Crippen molar-refractivity contribution in [2.45, 2.75) is 18.9 Å². The molecule has 1 aromatic heterocycles. The van der Waals surface area contributed by atoms with Crippen LogP contribution < -0.4 is 5.32 Å². The van der Waals surface area contributed by atoms with Gasteiger partial charge in [-0.1, -0.05) is 23.7 Å². The Hall–Kier alpha value is -1.96. The van der Waals surface area contributed by atoms with E-state index in [-0.39, 0.29) is 25.4 Å². The zero-order valence-electron chi connectivity index (χ0n) is 13.0. The molecule has 1 amide bonds. The van der Waals surface area contributed by atoms with Gasteiger partial charge >= 0.3 is 5.97 Å². The molecule has 0 aliphatic carbocycles. The van der Waals surface area contributed by atoms with Gasteiger partial charge in [-0.05, 0) is 12.1 Å². The van der Waals surface area contributed by atoms with E-state index in [1.54, 1.807) is 17.5 Å². The third kappa shape index (κ3) is 5.30. The number of nitrogens with one attached hydrogen (secondary N) is 1. The molecule has 1 atom stereocenters. The number of hydrogen-bond donors (Lipinski definition) is 2. The summed E-state index contributed by atoms with van der Waals surface area (Å²) < 4.78 is 4.85. The predicted octanol–water partition coefficient (Wildman–Crippen LogP) is 2.61. The number of rotatable bonds is 8. The summed E-state index contributed by atoms with van der Waals surface area (Å²) in [4.78, 5) is 27.5. The van der Waals surface area contributed by atoms with Crippen molar-refractivity contribution in [1.29, 1.82) is 0 Å². The minimum absolute atomic E-state index is 0.0286. The first kappa shape index (κ1) is 18.4. The summed E-state index contributed by atoms with van der Waals surface area (Å²) in [6.07, 6.45) is 0.242. The number of carbonyl (C=O) groups excluding carboxylic acids is 1. The number of methoxy groups -OCH3 is 1. The van der Waals surface area contributed by atoms with Crippen molar-refractivity contribution in [2.75, 3.05) is 13.7 Å². The summed E-state index contributed by atoms with van der Waals surface area (Å²) in [5, 5.41) is 14.8. The van der Waals surface area contributed by atoms with Crippen molar-refractivity contribution in [3.05, 3.63) is 40.4 Å². The summed E-state index contributed by atoms with van der Waals surface area (Å²) in [5.74, 6) is -1.47. The van der Waals surface area contributed by atoms with Crippen LogP contribution in [0.2, 0.25) is 5.02 Å². The number of aromatic nitrogens is 1. The minimum Gasteiger partial charge on any atom is -0.480 e. The summed E-state index contributed by atoms with van der Waals surface area (Å²) in [6.45, 7) is 0.259. The van der Waals surface area contributed by atoms with Gasteiger partial charge in [0.1, 0.15) is 11.0 Å². The molecule has 2 N–H and O–H groups in total. The van der Waals surface area contributed by atoms with Crippen molar-refractivity contribution in [1.82, 2.24) is 10.3 Å². The fourth-order valence-corrected chi connectivity index (χ4v) is 2.97. The first-order chi connectivity index (χ1) is 11.5. The Kier molecular flexibility index (Phi) is 6.72. The average Bonchev–Trinajstić information content (AvgIpc) is 3.00. The highest BCUT2D eigenvalue weighted by molar-refractivity contribution is 7.13. The maximum absolute atomic E-state index is 12.0. The highest BCUT2D eigenvalue weighted by atomic mass is 35.5. The van der Waals surface area contributed by atoms with Crippen molar-refractivity contribution < 1.29 is 19.4 Å². The standard InChI is InChI=1S/C16H17ClN2O4S/c1-23-7-6-13(16(21)22)19-14(20)8-12-9-24-15(18-12)10-2-4-11(17)5-3-10/h2-5,9,13H,6-8H2,1H3,(H,19,20)(H,21,22). The quantitative estimate of drug-likeness (QED) is 0.747. The number of benzene rings is 1. The zero-order valence-corrected chi connectivity index (χ0v) is 14.6. The summed E-state index contributed by atoms with van der Waals surface area (Å²) in [7, 11) is 1.48. The topological polar surface area (TPSA) is 88.5 Å². The van der Waals surface area contributed by atoms with Gasteiger partial charge in [-0.15, -0.1) is 11.3 Å². The van der Waals surface area contributed by atoms with Crippen molar-refractivity contribution in [3.8, 4) is 10.6 Å². The maximum Gasteiger partial charge on any atom is 0.326 e. The molecule has 0 saturated heterocycles. The molecule has 1 unspecified atom stereocenters. The molecule has 0 saturated carbocycles. The van der Waals surface area contributed by atoms with Crippen LogP contribution >= 0.6 is 22.9 Å². The van der Waals surface area contributed by atoms with Crippen LogP contribution in [0.4, 0.5) is 0 Å². The minimum atomic E-state index is -1.08. The van der Waals surface area contributed by atoms with Crippen LogP contribution in [0.5, 0.6) is 0 Å². The monoisotopic (exact) mass is 368 g/mol. The van der Waals surface area contributed by atoms with Gasteiger partial charge in [0.25, 0.3) is 0 Å². The normalized spacial score (nSPS) is 11.9. The molecular weight excluding hydrogens is 352 g/mol. The lowest BCUT2D eigenvalue weighted by molar-refractivity contribution is -0.142. The lowest BCUT2D eigenvalue weighted by atomic mass is 10.2. The summed E-state index contributed by atoms with van der Waals surface area (Å²) >= 11 is 7.28. The van der Waals surface area contributed by atoms with Gasteiger partial charge in [0, 0.05) is 36.1 Å². The molecular formula is C16H17ClN2O4S. The molecule has 2 rings (SSSR count). The number of carboxylic acids is 1. The maximum atomic E-state index is 12.0. The van der Waals surface area contributed by atoms with Crippen molar-refractivity contribution >= 4 is 34.8 Å². The number of nitrogens with zero attached hydrogens (tertiary/aromatic N) is 1. The second-order valence-electron chi connectivity index (χ2n) is 5.07. The van der Waals surface area contributed by atoms with Crippen molar-refractivity contribution in [3.63, 3.8) is 0 Å². The molecule has 0 spiro atoms. The Morgan fingerprint density at radius 1 is 1.38 bits per heavy atom. The lowest BCUT2D eigenvalue weighted by Gasteiger charge is -2.13. The smallest absolute Gasteiger partial charge is 0.326 e. The first-order valence-electron chi connectivity index (χ1n) is 7.21. The van der Waals surface area contributed by atoms with Crippen LogP contribution in [0.3, 0.4) is 0 Å². The molecule has 8 heteroatoms. The van der Waals surface area contributed by atoms with Crippen LogP contribution in [0.15, 0.2) is 29.6 Å². The highest BCUT2D eigenvalue weighted by Gasteiger charge is 2.20. The third-order valence-corrected chi connectivity index (χ3v) is 4.42. The number of halogens is 1. The molecule has 0 aliphatic rings. The molecule has 1 aromatic carbocycles. The molecule has 0 fully saturated rings. The fourth-order valence-electron chi connectivity index (χ4n) is 2.02. The molecule has 0 aliphatic heterocycles. The molecule has 6 nitrogen and oxygen atoms in total. The van der Waals surface area contributed by atoms with E-state index in [1.165, 1.54) is 18.4 Å². The Bertz CT molecular complexity index is 702. The number of amides is 1. The number of carbonyl (C=O) groups is 2. The lowest BCUT2D eigenvalue weighted by Crippen LogP contribution is -2.42. The van der Waals surface area contributed by atoms with E-state index in [2.05, 4.69) is 10.3 Å². The Morgan fingerprint density at radius 2 is 2.08 bits per heavy atom. The summed E-state index contributed by atoms with van der Waals surface area (Å²) in [6, 6.07) is 6.30. The SMILES string of the molecule is COCCC(NC(=O)Cc1csc(-c2ccc(Cl)cc2)n1)C(=O)O. The predicted molar refractivity (Wildman–Crippen MR) is 92.3 cm³/mol. The van der Waals surface area contributed by atoms with E-state index in [9.17, 15) is 9.59 Å². The largest absolute Gasteiger partial charge is 0.480 e. The van der Waals surface area contributed by atoms with Crippen LogP contribution in [-0.2, 0) is 20.7 Å². The van der Waals surface area contributed by atoms with Crippen LogP contribution in [0, 0.1) is 0 Å². The molecule has 0 radical (unpaired) electrons. The Balaban J connectivity index is 1.97. The van der Waals surface area contributed by atoms with Gasteiger partial charge in [-0.2, -0.15) is 0 Å². The third-order valence-electron chi connectivity index (χ3n) is 3.23. The molecule has 2 aromatic rings. The van der Waals surface area contributed by atoms with Gasteiger partial charge in [0.2, 0.25) is 5.91 Å². The van der Waals surface area contributed by atoms with E-state index < -0.39 is 12.0 Å². The Morgan fingerprint density at radius 3 is 2.71 bits per heavy atom. The second kappa shape index (κ2) is 8.77. The second-order valence-corrected chi connectivity index (χ2v) is 6.36. The molecule has 128 valence electrons. The number of aliphatic carboxylic acids is 1. The number of hydrogen-bond acceptors (Lipinski definition) is 5. The van der Waals surface area contributed by atoms with Gasteiger partial charge < -0.3 is 15.2 Å². The van der Waals surface area contributed by atoms with Gasteiger partial charge in [0.05, 0.1) is 12.1 Å². The van der Waals surface area contributed by atoms with Crippen LogP contribution in [0.1, 0.15) is 12.1 Å². The first-order valence-corrected chi connectivity index (χ1v) is 8.47. The van der Waals surface area contributed by atoms with Gasteiger partial charge in [-0.3, -0.25) is 4.79 Å². The van der Waals surface area contributed by atoms with Crippen LogP contribution in [-0.4, -0.2) is 41.7 Å².